The van der Waals surface area contributed by atoms with Crippen LogP contribution in [0.3, 0.4) is 0 Å². The van der Waals surface area contributed by atoms with Crippen molar-refractivity contribution in [2.45, 2.75) is 52.6 Å². The Kier molecular flexibility index (Phi) is 7.34. The predicted octanol–water partition coefficient (Wildman–Crippen LogP) is 2.74. The first-order valence-corrected chi connectivity index (χ1v) is 9.08. The van der Waals surface area contributed by atoms with E-state index in [1.165, 1.54) is 0 Å². The molecule has 0 aliphatic rings. The molecule has 0 unspecified atom stereocenters. The molecule has 27 heavy (non-hydrogen) atoms. The van der Waals surface area contributed by atoms with E-state index in [4.69, 9.17) is 9.84 Å². The third-order valence-corrected chi connectivity index (χ3v) is 3.92. The fraction of sp³-hybridized carbons (Fsp3) is 0.474. The van der Waals surface area contributed by atoms with Crippen molar-refractivity contribution in [3.8, 4) is 11.4 Å². The quantitative estimate of drug-likeness (QED) is 0.619. The number of hydrogen-bond acceptors (Lipinski definition) is 5. The van der Waals surface area contributed by atoms with Crippen LogP contribution in [-0.4, -0.2) is 44.6 Å². The molecule has 0 bridgehead atoms. The molecule has 8 nitrogen and oxygen atoms in total. The number of amides is 1. The monoisotopic (exact) mass is 374 g/mol. The molecule has 2 rings (SSSR count). The molecule has 0 fully saturated rings. The molecule has 1 aromatic carbocycles. The number of aromatic nitrogens is 3. The highest BCUT2D eigenvalue weighted by Gasteiger charge is 2.17. The maximum absolute atomic E-state index is 12.3. The van der Waals surface area contributed by atoms with Gasteiger partial charge in [0.2, 0.25) is 0 Å². The third kappa shape index (κ3) is 6.09. The Morgan fingerprint density at radius 1 is 1.19 bits per heavy atom. The van der Waals surface area contributed by atoms with Gasteiger partial charge in [-0.05, 0) is 57.9 Å². The first-order chi connectivity index (χ1) is 12.9. The molecule has 8 heteroatoms. The number of aliphatic carboxylic acids is 1. The first-order valence-electron chi connectivity index (χ1n) is 9.08. The summed E-state index contributed by atoms with van der Waals surface area (Å²) in [7, 11) is 0. The van der Waals surface area contributed by atoms with Crippen molar-refractivity contribution in [1.29, 1.82) is 0 Å². The number of unbranched alkanes of at least 4 members (excludes halogenated alkanes) is 2. The Balaban J connectivity index is 1.92. The maximum atomic E-state index is 12.3. The number of ether oxygens (including phenoxy) is 1. The van der Waals surface area contributed by atoms with Crippen LogP contribution in [-0.2, 0) is 4.79 Å². The summed E-state index contributed by atoms with van der Waals surface area (Å²) in [5.41, 5.74) is 1.72. The molecular weight excluding hydrogens is 348 g/mol. The lowest BCUT2D eigenvalue weighted by molar-refractivity contribution is -0.137. The van der Waals surface area contributed by atoms with Crippen molar-refractivity contribution >= 4 is 11.9 Å². The Bertz CT molecular complexity index is 769. The number of nitrogens with one attached hydrogen (secondary N) is 1. The van der Waals surface area contributed by atoms with E-state index in [2.05, 4.69) is 15.6 Å². The number of carboxylic acids is 1. The van der Waals surface area contributed by atoms with E-state index in [-0.39, 0.29) is 24.1 Å². The van der Waals surface area contributed by atoms with Gasteiger partial charge in [0, 0.05) is 13.0 Å². The summed E-state index contributed by atoms with van der Waals surface area (Å²) in [5, 5.41) is 19.5. The fourth-order valence-electron chi connectivity index (χ4n) is 2.59. The Hall–Kier alpha value is -2.90. The lowest BCUT2D eigenvalue weighted by Gasteiger charge is -2.10. The SMILES string of the molecule is Cc1c(C(=O)NCCCCCC(=O)O)nnn1-c1ccc(OC(C)C)cc1. The van der Waals surface area contributed by atoms with Crippen LogP contribution in [0, 0.1) is 6.92 Å². The third-order valence-electron chi connectivity index (χ3n) is 3.92. The lowest BCUT2D eigenvalue weighted by atomic mass is 10.2. The Morgan fingerprint density at radius 3 is 2.52 bits per heavy atom. The molecule has 0 saturated carbocycles. The number of hydrogen-bond donors (Lipinski definition) is 2. The van der Waals surface area contributed by atoms with Crippen LogP contribution in [0.2, 0.25) is 0 Å². The predicted molar refractivity (Wildman–Crippen MR) is 100 cm³/mol. The summed E-state index contributed by atoms with van der Waals surface area (Å²) in [6, 6.07) is 7.44. The highest BCUT2D eigenvalue weighted by molar-refractivity contribution is 5.93. The van der Waals surface area contributed by atoms with Gasteiger partial charge in [-0.3, -0.25) is 9.59 Å². The van der Waals surface area contributed by atoms with Crippen molar-refractivity contribution in [3.63, 3.8) is 0 Å². The van der Waals surface area contributed by atoms with Gasteiger partial charge in [-0.25, -0.2) is 4.68 Å². The molecular formula is C19H26N4O4. The fourth-order valence-corrected chi connectivity index (χ4v) is 2.59. The molecule has 0 aliphatic heterocycles. The summed E-state index contributed by atoms with van der Waals surface area (Å²) in [5.74, 6) is -0.306. The molecule has 0 atom stereocenters. The largest absolute Gasteiger partial charge is 0.491 e. The minimum Gasteiger partial charge on any atom is -0.491 e. The van der Waals surface area contributed by atoms with Crippen LogP contribution in [0.1, 0.15) is 55.7 Å². The molecule has 2 N–H and O–H groups in total. The number of carbonyl (C=O) groups excluding carboxylic acids is 1. The summed E-state index contributed by atoms with van der Waals surface area (Å²) in [4.78, 5) is 22.7. The molecule has 0 saturated heterocycles. The smallest absolute Gasteiger partial charge is 0.303 e. The highest BCUT2D eigenvalue weighted by atomic mass is 16.5. The first kappa shape index (κ1) is 20.4. The van der Waals surface area contributed by atoms with E-state index in [0.29, 0.717) is 18.7 Å². The van der Waals surface area contributed by atoms with Crippen LogP contribution < -0.4 is 10.1 Å². The van der Waals surface area contributed by atoms with E-state index >= 15 is 0 Å². The average Bonchev–Trinajstić information content (AvgIpc) is 2.99. The van der Waals surface area contributed by atoms with Gasteiger partial charge in [-0.1, -0.05) is 11.6 Å². The molecule has 0 radical (unpaired) electrons. The minimum absolute atomic E-state index is 0.100. The van der Waals surface area contributed by atoms with Gasteiger partial charge < -0.3 is 15.2 Å². The van der Waals surface area contributed by atoms with Gasteiger partial charge in [0.05, 0.1) is 17.5 Å². The number of rotatable bonds is 10. The molecule has 1 aromatic heterocycles. The van der Waals surface area contributed by atoms with E-state index in [0.717, 1.165) is 24.3 Å². The second-order valence-corrected chi connectivity index (χ2v) is 6.56. The number of carboxylic acid groups (broad SMARTS) is 1. The van der Waals surface area contributed by atoms with Gasteiger partial charge in [0.15, 0.2) is 5.69 Å². The number of carbonyl (C=O) groups is 2. The van der Waals surface area contributed by atoms with Gasteiger partial charge in [0.1, 0.15) is 5.75 Å². The number of benzene rings is 1. The van der Waals surface area contributed by atoms with Gasteiger partial charge >= 0.3 is 5.97 Å². The van der Waals surface area contributed by atoms with Crippen molar-refractivity contribution in [2.24, 2.45) is 0 Å². The Morgan fingerprint density at radius 2 is 1.89 bits per heavy atom. The molecule has 0 aliphatic carbocycles. The van der Waals surface area contributed by atoms with Crippen LogP contribution >= 0.6 is 0 Å². The van der Waals surface area contributed by atoms with Gasteiger partial charge in [-0.15, -0.1) is 5.10 Å². The van der Waals surface area contributed by atoms with E-state index < -0.39 is 5.97 Å². The summed E-state index contributed by atoms with van der Waals surface area (Å²) >= 11 is 0. The highest BCUT2D eigenvalue weighted by Crippen LogP contribution is 2.18. The zero-order chi connectivity index (χ0) is 19.8. The molecule has 0 spiro atoms. The van der Waals surface area contributed by atoms with Crippen molar-refractivity contribution in [2.75, 3.05) is 6.54 Å². The zero-order valence-electron chi connectivity index (χ0n) is 15.9. The maximum Gasteiger partial charge on any atom is 0.303 e. The van der Waals surface area contributed by atoms with Gasteiger partial charge in [0.25, 0.3) is 5.91 Å². The summed E-state index contributed by atoms with van der Waals surface area (Å²) < 4.78 is 7.23. The topological polar surface area (TPSA) is 106 Å². The Labute approximate surface area is 158 Å². The number of nitrogens with zero attached hydrogens (tertiary/aromatic N) is 3. The second kappa shape index (κ2) is 9.70. The molecule has 1 amide bonds. The standard InChI is InChI=1S/C19H26N4O4/c1-13(2)27-16-10-8-15(9-11-16)23-14(3)18(21-22-23)19(26)20-12-6-4-5-7-17(24)25/h8-11,13H,4-7,12H2,1-3H3,(H,20,26)(H,24,25). The molecule has 2 aromatic rings. The molecule has 146 valence electrons. The van der Waals surface area contributed by atoms with Crippen LogP contribution in [0.25, 0.3) is 5.69 Å². The normalized spacial score (nSPS) is 10.8. The van der Waals surface area contributed by atoms with Crippen molar-refractivity contribution < 1.29 is 19.4 Å². The minimum atomic E-state index is -0.796. The molecule has 1 heterocycles. The zero-order valence-corrected chi connectivity index (χ0v) is 15.9. The summed E-state index contributed by atoms with van der Waals surface area (Å²) in [6.07, 6.45) is 2.34. The van der Waals surface area contributed by atoms with Crippen molar-refractivity contribution in [3.05, 3.63) is 35.7 Å². The van der Waals surface area contributed by atoms with Gasteiger partial charge in [-0.2, -0.15) is 0 Å². The lowest BCUT2D eigenvalue weighted by Crippen LogP contribution is -2.25. The van der Waals surface area contributed by atoms with Crippen LogP contribution in [0.4, 0.5) is 0 Å². The van der Waals surface area contributed by atoms with E-state index in [1.54, 1.807) is 11.6 Å². The van der Waals surface area contributed by atoms with Crippen molar-refractivity contribution in [1.82, 2.24) is 20.3 Å². The van der Waals surface area contributed by atoms with E-state index in [1.807, 2.05) is 38.1 Å². The second-order valence-electron chi connectivity index (χ2n) is 6.56. The van der Waals surface area contributed by atoms with E-state index in [9.17, 15) is 9.59 Å². The summed E-state index contributed by atoms with van der Waals surface area (Å²) in [6.45, 7) is 6.20. The van der Waals surface area contributed by atoms with Crippen LogP contribution in [0.5, 0.6) is 5.75 Å². The van der Waals surface area contributed by atoms with Crippen LogP contribution in [0.15, 0.2) is 24.3 Å². The average molecular weight is 374 g/mol.